The number of nitrogens with two attached hydrogens (primary N) is 1. The summed E-state index contributed by atoms with van der Waals surface area (Å²) in [4.78, 5) is 0. The summed E-state index contributed by atoms with van der Waals surface area (Å²) in [7, 11) is 0. The van der Waals surface area contributed by atoms with Gasteiger partial charge < -0.3 is 0 Å². The second-order valence-corrected chi connectivity index (χ2v) is 6.02. The van der Waals surface area contributed by atoms with E-state index in [2.05, 4.69) is 26.7 Å². The van der Waals surface area contributed by atoms with Crippen LogP contribution in [-0.2, 0) is 6.42 Å². The van der Waals surface area contributed by atoms with Crippen molar-refractivity contribution in [1.82, 2.24) is 5.43 Å². The molecule has 0 aliphatic carbocycles. The lowest BCUT2D eigenvalue weighted by molar-refractivity contribution is 0.552. The fourth-order valence-electron chi connectivity index (χ4n) is 1.64. The van der Waals surface area contributed by atoms with Gasteiger partial charge in [-0.3, -0.25) is 11.3 Å². The molecule has 2 aromatic rings. The van der Waals surface area contributed by atoms with E-state index >= 15 is 0 Å². The zero-order valence-electron chi connectivity index (χ0n) is 8.99. The Kier molecular flexibility index (Phi) is 4.28. The zero-order valence-corrected chi connectivity index (χ0v) is 11.4. The summed E-state index contributed by atoms with van der Waals surface area (Å²) in [6, 6.07) is 8.57. The summed E-state index contributed by atoms with van der Waals surface area (Å²) < 4.78 is 13.9. The Balaban J connectivity index is 2.12. The van der Waals surface area contributed by atoms with E-state index in [4.69, 9.17) is 5.84 Å². The number of rotatable bonds is 4. The lowest BCUT2D eigenvalue weighted by atomic mass is 10.0. The number of nitrogens with one attached hydrogen (secondary N) is 1. The van der Waals surface area contributed by atoms with E-state index in [0.29, 0.717) is 0 Å². The van der Waals surface area contributed by atoms with Crippen molar-refractivity contribution in [3.8, 4) is 0 Å². The molecule has 3 N–H and O–H groups in total. The Hall–Kier alpha value is -0.750. The largest absolute Gasteiger partial charge is 0.271 e. The highest BCUT2D eigenvalue weighted by Gasteiger charge is 2.12. The van der Waals surface area contributed by atoms with Gasteiger partial charge in [-0.25, -0.2) is 4.39 Å². The summed E-state index contributed by atoms with van der Waals surface area (Å²) in [6.45, 7) is 0. The van der Waals surface area contributed by atoms with Crippen LogP contribution in [-0.4, -0.2) is 0 Å². The van der Waals surface area contributed by atoms with Crippen molar-refractivity contribution in [2.24, 2.45) is 5.84 Å². The molecule has 0 spiro atoms. The van der Waals surface area contributed by atoms with Gasteiger partial charge in [-0.2, -0.15) is 0 Å². The summed E-state index contributed by atoms with van der Waals surface area (Å²) in [5, 5.41) is 2.05. The van der Waals surface area contributed by atoms with Crippen molar-refractivity contribution in [2.75, 3.05) is 0 Å². The van der Waals surface area contributed by atoms with E-state index < -0.39 is 0 Å². The van der Waals surface area contributed by atoms with Crippen molar-refractivity contribution in [3.63, 3.8) is 0 Å². The normalized spacial score (nSPS) is 12.6. The van der Waals surface area contributed by atoms with Crippen LogP contribution in [0, 0.1) is 5.82 Å². The van der Waals surface area contributed by atoms with Crippen LogP contribution in [0.5, 0.6) is 0 Å². The third-order valence-electron chi connectivity index (χ3n) is 2.54. The lowest BCUT2D eigenvalue weighted by Crippen LogP contribution is -2.29. The Morgan fingerprint density at radius 2 is 2.06 bits per heavy atom. The molecule has 5 heteroatoms. The molecule has 0 aliphatic heterocycles. The summed E-state index contributed by atoms with van der Waals surface area (Å²) in [6.07, 6.45) is 0.736. The van der Waals surface area contributed by atoms with E-state index in [1.807, 2.05) is 6.07 Å². The third kappa shape index (κ3) is 3.35. The van der Waals surface area contributed by atoms with Gasteiger partial charge in [0.1, 0.15) is 5.82 Å². The minimum absolute atomic E-state index is 0.0445. The molecule has 0 saturated carbocycles. The van der Waals surface area contributed by atoms with E-state index in [0.717, 1.165) is 21.3 Å². The summed E-state index contributed by atoms with van der Waals surface area (Å²) >= 11 is 5.05. The summed E-state index contributed by atoms with van der Waals surface area (Å²) in [5.74, 6) is 5.34. The number of hydrazine groups is 1. The molecular formula is C12H12BrFN2S. The molecule has 0 fully saturated rings. The highest BCUT2D eigenvalue weighted by Crippen LogP contribution is 2.27. The highest BCUT2D eigenvalue weighted by atomic mass is 79.9. The van der Waals surface area contributed by atoms with Crippen LogP contribution in [0.25, 0.3) is 0 Å². The smallest absolute Gasteiger partial charge is 0.123 e. The Morgan fingerprint density at radius 1 is 1.35 bits per heavy atom. The first kappa shape index (κ1) is 12.7. The Morgan fingerprint density at radius 3 is 2.59 bits per heavy atom. The maximum absolute atomic E-state index is 12.8. The quantitative estimate of drug-likeness (QED) is 0.670. The van der Waals surface area contributed by atoms with Gasteiger partial charge in [0, 0.05) is 0 Å². The maximum Gasteiger partial charge on any atom is 0.123 e. The van der Waals surface area contributed by atoms with Crippen LogP contribution < -0.4 is 11.3 Å². The Bertz CT molecular complexity index is 484. The molecule has 2 nitrogen and oxygen atoms in total. The standard InChI is InChI=1S/C12H12BrFN2S/c13-12-6-9(7-17-12)11(16-15)5-8-1-3-10(14)4-2-8/h1-4,6-7,11,16H,5,15H2. The first-order valence-electron chi connectivity index (χ1n) is 5.13. The van der Waals surface area contributed by atoms with Crippen molar-refractivity contribution >= 4 is 27.3 Å². The molecule has 1 aromatic heterocycles. The fourth-order valence-corrected chi connectivity index (χ4v) is 2.87. The van der Waals surface area contributed by atoms with Crippen molar-refractivity contribution < 1.29 is 4.39 Å². The second-order valence-electron chi connectivity index (χ2n) is 3.73. The minimum atomic E-state index is -0.218. The van der Waals surface area contributed by atoms with Crippen molar-refractivity contribution in [3.05, 3.63) is 56.4 Å². The molecular weight excluding hydrogens is 303 g/mol. The summed E-state index contributed by atoms with van der Waals surface area (Å²) in [5.41, 5.74) is 4.97. The van der Waals surface area contributed by atoms with Gasteiger partial charge in [0.15, 0.2) is 0 Å². The van der Waals surface area contributed by atoms with Crippen molar-refractivity contribution in [1.29, 1.82) is 0 Å². The van der Waals surface area contributed by atoms with Gasteiger partial charge in [0.2, 0.25) is 0 Å². The molecule has 0 radical (unpaired) electrons. The molecule has 2 rings (SSSR count). The molecule has 17 heavy (non-hydrogen) atoms. The van der Waals surface area contributed by atoms with E-state index in [1.54, 1.807) is 23.5 Å². The molecule has 1 atom stereocenters. The van der Waals surface area contributed by atoms with Crippen LogP contribution in [0.4, 0.5) is 4.39 Å². The number of halogens is 2. The lowest BCUT2D eigenvalue weighted by Gasteiger charge is -2.14. The van der Waals surface area contributed by atoms with E-state index in [1.165, 1.54) is 12.1 Å². The van der Waals surface area contributed by atoms with E-state index in [9.17, 15) is 4.39 Å². The molecule has 0 bridgehead atoms. The van der Waals surface area contributed by atoms with Crippen LogP contribution in [0.2, 0.25) is 0 Å². The molecule has 1 unspecified atom stereocenters. The SMILES string of the molecule is NNC(Cc1ccc(F)cc1)c1csc(Br)c1. The molecule has 0 saturated heterocycles. The fraction of sp³-hybridized carbons (Fsp3) is 0.167. The predicted octanol–water partition coefficient (Wildman–Crippen LogP) is 3.40. The van der Waals surface area contributed by atoms with E-state index in [-0.39, 0.29) is 11.9 Å². The minimum Gasteiger partial charge on any atom is -0.271 e. The second kappa shape index (κ2) is 5.73. The van der Waals surface area contributed by atoms with Gasteiger partial charge in [-0.05, 0) is 57.1 Å². The topological polar surface area (TPSA) is 38.0 Å². The highest BCUT2D eigenvalue weighted by molar-refractivity contribution is 9.11. The molecule has 0 aliphatic rings. The number of benzene rings is 1. The monoisotopic (exact) mass is 314 g/mol. The van der Waals surface area contributed by atoms with Gasteiger partial charge in [-0.15, -0.1) is 11.3 Å². The van der Waals surface area contributed by atoms with Gasteiger partial charge in [0.25, 0.3) is 0 Å². The average molecular weight is 315 g/mol. The molecule has 1 heterocycles. The van der Waals surface area contributed by atoms with Gasteiger partial charge in [-0.1, -0.05) is 12.1 Å². The van der Waals surface area contributed by atoms with Gasteiger partial charge >= 0.3 is 0 Å². The Labute approximate surface area is 112 Å². The van der Waals surface area contributed by atoms with Crippen molar-refractivity contribution in [2.45, 2.75) is 12.5 Å². The number of thiophene rings is 1. The molecule has 90 valence electrons. The molecule has 1 aromatic carbocycles. The third-order valence-corrected chi connectivity index (χ3v) is 4.07. The maximum atomic E-state index is 12.8. The predicted molar refractivity (Wildman–Crippen MR) is 72.2 cm³/mol. The van der Waals surface area contributed by atoms with Crippen LogP contribution >= 0.6 is 27.3 Å². The van der Waals surface area contributed by atoms with Gasteiger partial charge in [0.05, 0.1) is 9.83 Å². The zero-order chi connectivity index (χ0) is 12.3. The number of hydrogen-bond donors (Lipinski definition) is 2. The van der Waals surface area contributed by atoms with Crippen LogP contribution in [0.3, 0.4) is 0 Å². The number of hydrogen-bond acceptors (Lipinski definition) is 3. The van der Waals surface area contributed by atoms with Crippen LogP contribution in [0.1, 0.15) is 17.2 Å². The average Bonchev–Trinajstić information content (AvgIpc) is 2.75. The van der Waals surface area contributed by atoms with Crippen LogP contribution in [0.15, 0.2) is 39.5 Å². The molecule has 0 amide bonds. The first-order valence-corrected chi connectivity index (χ1v) is 6.81. The first-order chi connectivity index (χ1) is 8.19.